The predicted molar refractivity (Wildman–Crippen MR) is 88.1 cm³/mol. The second-order valence-electron chi connectivity index (χ2n) is 6.23. The minimum Gasteiger partial charge on any atom is -0.361 e. The van der Waals surface area contributed by atoms with E-state index in [-0.39, 0.29) is 6.04 Å². The van der Waals surface area contributed by atoms with E-state index in [1.165, 1.54) is 10.5 Å². The number of amides is 2. The highest BCUT2D eigenvalue weighted by atomic mass is 16.5. The Morgan fingerprint density at radius 2 is 2.08 bits per heavy atom. The van der Waals surface area contributed by atoms with E-state index in [2.05, 4.69) is 16.5 Å². The lowest BCUT2D eigenvalue weighted by atomic mass is 10.1. The maximum Gasteiger partial charge on any atom is 0.311 e. The number of likely N-dealkylation sites (N-methyl/N-ethyl adjacent to an activating group) is 1. The van der Waals surface area contributed by atoms with Gasteiger partial charge < -0.3 is 14.7 Å². The normalized spacial score (nSPS) is 15.9. The van der Waals surface area contributed by atoms with Gasteiger partial charge >= 0.3 is 11.8 Å². The highest BCUT2D eigenvalue weighted by Gasteiger charge is 2.28. The summed E-state index contributed by atoms with van der Waals surface area (Å²) >= 11 is 0. The van der Waals surface area contributed by atoms with Gasteiger partial charge in [0.2, 0.25) is 0 Å². The number of hydrogen-bond acceptors (Lipinski definition) is 4. The van der Waals surface area contributed by atoms with Crippen LogP contribution in [0.15, 0.2) is 28.8 Å². The van der Waals surface area contributed by atoms with E-state index in [0.29, 0.717) is 12.3 Å². The van der Waals surface area contributed by atoms with Gasteiger partial charge in [0.15, 0.2) is 0 Å². The summed E-state index contributed by atoms with van der Waals surface area (Å²) in [7, 11) is 1.61. The van der Waals surface area contributed by atoms with Crippen molar-refractivity contribution in [3.63, 3.8) is 0 Å². The Morgan fingerprint density at radius 1 is 1.33 bits per heavy atom. The molecule has 0 unspecified atom stereocenters. The van der Waals surface area contributed by atoms with E-state index < -0.39 is 11.8 Å². The minimum atomic E-state index is -0.578. The van der Waals surface area contributed by atoms with Gasteiger partial charge in [-0.3, -0.25) is 9.59 Å². The third kappa shape index (κ3) is 3.04. The van der Waals surface area contributed by atoms with Crippen LogP contribution in [-0.2, 0) is 22.6 Å². The first kappa shape index (κ1) is 16.2. The van der Waals surface area contributed by atoms with Gasteiger partial charge in [-0.05, 0) is 37.8 Å². The second-order valence-corrected chi connectivity index (χ2v) is 6.23. The zero-order chi connectivity index (χ0) is 17.3. The van der Waals surface area contributed by atoms with Gasteiger partial charge in [-0.15, -0.1) is 0 Å². The zero-order valence-electron chi connectivity index (χ0n) is 14.1. The van der Waals surface area contributed by atoms with Crippen LogP contribution in [0.2, 0.25) is 0 Å². The lowest BCUT2D eigenvalue weighted by molar-refractivity contribution is -0.145. The van der Waals surface area contributed by atoms with Crippen LogP contribution in [0, 0.1) is 13.8 Å². The van der Waals surface area contributed by atoms with Crippen molar-refractivity contribution in [2.24, 2.45) is 0 Å². The minimum absolute atomic E-state index is 0.0925. The first-order valence-electron chi connectivity index (χ1n) is 8.03. The number of fused-ring (bicyclic) bond motifs is 1. The van der Waals surface area contributed by atoms with Gasteiger partial charge in [-0.1, -0.05) is 29.4 Å². The topological polar surface area (TPSA) is 75.4 Å². The highest BCUT2D eigenvalue weighted by Crippen LogP contribution is 2.30. The maximum absolute atomic E-state index is 12.4. The molecule has 1 heterocycles. The fourth-order valence-corrected chi connectivity index (χ4v) is 3.14. The Balaban J connectivity index is 1.64. The Bertz CT molecular complexity index is 762. The molecular formula is C18H21N3O3. The molecule has 0 radical (unpaired) electrons. The molecule has 3 rings (SSSR count). The zero-order valence-corrected chi connectivity index (χ0v) is 14.1. The molecule has 0 fully saturated rings. The van der Waals surface area contributed by atoms with Crippen molar-refractivity contribution in [2.75, 3.05) is 7.05 Å². The monoisotopic (exact) mass is 327 g/mol. The summed E-state index contributed by atoms with van der Waals surface area (Å²) in [5.74, 6) is -0.470. The van der Waals surface area contributed by atoms with Crippen molar-refractivity contribution in [1.29, 1.82) is 0 Å². The SMILES string of the molecule is Cc1noc(C)c1CN(C)C(=O)C(=O)N[C@@H]1CCc2ccccc21. The molecule has 1 aromatic heterocycles. The summed E-state index contributed by atoms with van der Waals surface area (Å²) in [6.07, 6.45) is 1.75. The largest absolute Gasteiger partial charge is 0.361 e. The molecule has 0 saturated heterocycles. The first-order valence-corrected chi connectivity index (χ1v) is 8.03. The van der Waals surface area contributed by atoms with Gasteiger partial charge in [0.25, 0.3) is 0 Å². The number of carbonyl (C=O) groups is 2. The fourth-order valence-electron chi connectivity index (χ4n) is 3.14. The summed E-state index contributed by atoms with van der Waals surface area (Å²) in [6.45, 7) is 3.91. The van der Waals surface area contributed by atoms with Crippen molar-refractivity contribution in [3.05, 3.63) is 52.4 Å². The molecule has 1 aliphatic rings. The molecule has 0 aliphatic heterocycles. The van der Waals surface area contributed by atoms with Gasteiger partial charge in [0.1, 0.15) is 5.76 Å². The third-order valence-corrected chi connectivity index (χ3v) is 4.56. The number of nitrogens with one attached hydrogen (secondary N) is 1. The fraction of sp³-hybridized carbons (Fsp3) is 0.389. The highest BCUT2D eigenvalue weighted by molar-refractivity contribution is 6.35. The maximum atomic E-state index is 12.4. The van der Waals surface area contributed by atoms with E-state index >= 15 is 0 Å². The lowest BCUT2D eigenvalue weighted by Gasteiger charge is -2.19. The van der Waals surface area contributed by atoms with Crippen LogP contribution < -0.4 is 5.32 Å². The summed E-state index contributed by atoms with van der Waals surface area (Å²) in [5.41, 5.74) is 3.91. The number of carbonyl (C=O) groups excluding carboxylic acids is 2. The number of aryl methyl sites for hydroxylation is 3. The van der Waals surface area contributed by atoms with E-state index in [4.69, 9.17) is 4.52 Å². The van der Waals surface area contributed by atoms with Gasteiger partial charge in [0, 0.05) is 12.6 Å². The van der Waals surface area contributed by atoms with Crippen LogP contribution in [0.3, 0.4) is 0 Å². The average molecular weight is 327 g/mol. The first-order chi connectivity index (χ1) is 11.5. The summed E-state index contributed by atoms with van der Waals surface area (Å²) in [6, 6.07) is 7.92. The van der Waals surface area contributed by atoms with Gasteiger partial charge in [-0.2, -0.15) is 0 Å². The van der Waals surface area contributed by atoms with Crippen LogP contribution in [0.1, 0.15) is 40.6 Å². The number of benzene rings is 1. The molecule has 0 bridgehead atoms. The second kappa shape index (κ2) is 6.47. The molecule has 1 atom stereocenters. The van der Waals surface area contributed by atoms with Crippen LogP contribution >= 0.6 is 0 Å². The van der Waals surface area contributed by atoms with Crippen molar-refractivity contribution in [3.8, 4) is 0 Å². The molecule has 1 N–H and O–H groups in total. The van der Waals surface area contributed by atoms with Crippen molar-refractivity contribution in [2.45, 2.75) is 39.3 Å². The predicted octanol–water partition coefficient (Wildman–Crippen LogP) is 2.05. The van der Waals surface area contributed by atoms with E-state index in [1.807, 2.05) is 25.1 Å². The van der Waals surface area contributed by atoms with Crippen LogP contribution in [0.25, 0.3) is 0 Å². The molecular weight excluding hydrogens is 306 g/mol. The van der Waals surface area contributed by atoms with E-state index in [1.54, 1.807) is 14.0 Å². The number of nitrogens with zero attached hydrogens (tertiary/aromatic N) is 2. The Morgan fingerprint density at radius 3 is 2.79 bits per heavy atom. The van der Waals surface area contributed by atoms with Crippen molar-refractivity contribution in [1.82, 2.24) is 15.4 Å². The molecule has 6 heteroatoms. The van der Waals surface area contributed by atoms with Crippen molar-refractivity contribution >= 4 is 11.8 Å². The van der Waals surface area contributed by atoms with Crippen LogP contribution in [0.5, 0.6) is 0 Å². The molecule has 126 valence electrons. The summed E-state index contributed by atoms with van der Waals surface area (Å²) < 4.78 is 5.09. The van der Waals surface area contributed by atoms with Crippen LogP contribution in [-0.4, -0.2) is 28.9 Å². The molecule has 24 heavy (non-hydrogen) atoms. The molecule has 2 amide bonds. The molecule has 0 saturated carbocycles. The molecule has 1 aliphatic carbocycles. The summed E-state index contributed by atoms with van der Waals surface area (Å²) in [5, 5.41) is 6.72. The lowest BCUT2D eigenvalue weighted by Crippen LogP contribution is -2.41. The van der Waals surface area contributed by atoms with Gasteiger partial charge in [0.05, 0.1) is 18.3 Å². The standard InChI is InChI=1S/C18H21N3O3/c1-11-15(12(2)24-20-11)10-21(3)18(23)17(22)19-16-9-8-13-6-4-5-7-14(13)16/h4-7,16H,8-10H2,1-3H3,(H,19,22)/t16-/m1/s1. The smallest absolute Gasteiger partial charge is 0.311 e. The third-order valence-electron chi connectivity index (χ3n) is 4.56. The number of hydrogen-bond donors (Lipinski definition) is 1. The van der Waals surface area contributed by atoms with E-state index in [0.717, 1.165) is 29.7 Å². The van der Waals surface area contributed by atoms with Crippen molar-refractivity contribution < 1.29 is 14.1 Å². The molecule has 0 spiro atoms. The number of aromatic nitrogens is 1. The Labute approximate surface area is 140 Å². The van der Waals surface area contributed by atoms with Crippen LogP contribution in [0.4, 0.5) is 0 Å². The Hall–Kier alpha value is -2.63. The molecule has 2 aromatic rings. The van der Waals surface area contributed by atoms with Gasteiger partial charge in [-0.25, -0.2) is 0 Å². The Kier molecular flexibility index (Phi) is 4.38. The number of rotatable bonds is 3. The average Bonchev–Trinajstić information content (AvgIpc) is 3.12. The quantitative estimate of drug-likeness (QED) is 0.876. The molecule has 1 aromatic carbocycles. The van der Waals surface area contributed by atoms with E-state index in [9.17, 15) is 9.59 Å². The molecule has 6 nitrogen and oxygen atoms in total. The summed E-state index contributed by atoms with van der Waals surface area (Å²) in [4.78, 5) is 26.1.